The van der Waals surface area contributed by atoms with Gasteiger partial charge in [-0.05, 0) is 6.42 Å². The summed E-state index contributed by atoms with van der Waals surface area (Å²) in [6.45, 7) is 1.58. The molecule has 7 nitrogen and oxygen atoms in total. The zero-order valence-corrected chi connectivity index (χ0v) is 9.73. The third kappa shape index (κ3) is 2.80. The summed E-state index contributed by atoms with van der Waals surface area (Å²) < 4.78 is 26.9. The largest absolute Gasteiger partial charge is 0.480 e. The second kappa shape index (κ2) is 4.62. The van der Waals surface area contributed by atoms with Crippen molar-refractivity contribution in [3.63, 3.8) is 0 Å². The lowest BCUT2D eigenvalue weighted by Gasteiger charge is -2.10. The Morgan fingerprint density at radius 3 is 2.69 bits per heavy atom. The van der Waals surface area contributed by atoms with Crippen molar-refractivity contribution in [1.29, 1.82) is 0 Å². The Hall–Kier alpha value is -1.41. The molecule has 0 aromatic carbocycles. The first-order valence-electron chi connectivity index (χ1n) is 4.60. The second-order valence-electron chi connectivity index (χ2n) is 3.30. The van der Waals surface area contributed by atoms with Crippen LogP contribution in [0.3, 0.4) is 0 Å². The van der Waals surface area contributed by atoms with Crippen molar-refractivity contribution < 1.29 is 18.3 Å². The third-order valence-corrected chi connectivity index (χ3v) is 3.32. The zero-order chi connectivity index (χ0) is 12.3. The number of aliphatic carboxylic acids is 1. The Morgan fingerprint density at radius 1 is 1.69 bits per heavy atom. The number of sulfonamides is 1. The van der Waals surface area contributed by atoms with Crippen LogP contribution in [0.15, 0.2) is 17.6 Å². The first kappa shape index (κ1) is 12.7. The average Bonchev–Trinajstić information content (AvgIpc) is 2.61. The molecule has 0 saturated heterocycles. The van der Waals surface area contributed by atoms with E-state index in [2.05, 4.69) is 9.71 Å². The lowest BCUT2D eigenvalue weighted by Crippen LogP contribution is -2.40. The van der Waals surface area contributed by atoms with Gasteiger partial charge in [-0.1, -0.05) is 6.92 Å². The zero-order valence-electron chi connectivity index (χ0n) is 8.91. The fourth-order valence-electron chi connectivity index (χ4n) is 1.08. The van der Waals surface area contributed by atoms with Crippen molar-refractivity contribution in [2.45, 2.75) is 24.4 Å². The van der Waals surface area contributed by atoms with Crippen LogP contribution in [-0.4, -0.2) is 35.1 Å². The Labute approximate surface area is 93.2 Å². The number of carboxylic acid groups (broad SMARTS) is 1. The number of nitrogens with one attached hydrogen (secondary N) is 1. The third-order valence-electron chi connectivity index (χ3n) is 1.96. The molecule has 0 aliphatic carbocycles. The summed E-state index contributed by atoms with van der Waals surface area (Å²) >= 11 is 0. The van der Waals surface area contributed by atoms with Crippen LogP contribution < -0.4 is 4.72 Å². The molecule has 0 aliphatic rings. The molecule has 0 radical (unpaired) electrons. The highest BCUT2D eigenvalue weighted by atomic mass is 32.2. The number of hydrogen-bond acceptors (Lipinski definition) is 4. The standard InChI is InChI=1S/C8H13N3O4S/c1-3-6(8(12)13)10-16(14,15)7-4-11(2)5-9-7/h4-6,10H,3H2,1-2H3,(H,12,13)/t6-/m1/s1. The van der Waals surface area contributed by atoms with E-state index in [-0.39, 0.29) is 11.4 Å². The second-order valence-corrected chi connectivity index (χ2v) is 4.96. The number of carbonyl (C=O) groups is 1. The van der Waals surface area contributed by atoms with Crippen molar-refractivity contribution in [2.24, 2.45) is 7.05 Å². The molecule has 90 valence electrons. The van der Waals surface area contributed by atoms with E-state index in [9.17, 15) is 13.2 Å². The Bertz CT molecular complexity index is 479. The summed E-state index contributed by atoms with van der Waals surface area (Å²) in [7, 11) is -2.23. The van der Waals surface area contributed by atoms with E-state index in [0.29, 0.717) is 0 Å². The molecule has 1 aromatic rings. The minimum absolute atomic E-state index is 0.168. The number of hydrogen-bond donors (Lipinski definition) is 2. The fraction of sp³-hybridized carbons (Fsp3) is 0.500. The SMILES string of the molecule is CC[C@@H](NS(=O)(=O)c1cn(C)cn1)C(=O)O. The van der Waals surface area contributed by atoms with Crippen LogP contribution in [0.25, 0.3) is 0 Å². The van der Waals surface area contributed by atoms with Crippen LogP contribution >= 0.6 is 0 Å². The highest BCUT2D eigenvalue weighted by molar-refractivity contribution is 7.89. The Kier molecular flexibility index (Phi) is 3.66. The molecule has 0 spiro atoms. The van der Waals surface area contributed by atoms with Gasteiger partial charge in [-0.2, -0.15) is 4.72 Å². The van der Waals surface area contributed by atoms with E-state index >= 15 is 0 Å². The van der Waals surface area contributed by atoms with Gasteiger partial charge in [-0.3, -0.25) is 4.79 Å². The van der Waals surface area contributed by atoms with Crippen molar-refractivity contribution in [2.75, 3.05) is 0 Å². The van der Waals surface area contributed by atoms with Gasteiger partial charge in [0, 0.05) is 13.2 Å². The van der Waals surface area contributed by atoms with Crippen molar-refractivity contribution in [3.8, 4) is 0 Å². The minimum atomic E-state index is -3.86. The number of rotatable bonds is 5. The smallest absolute Gasteiger partial charge is 0.321 e. The molecule has 0 saturated carbocycles. The number of imidazole rings is 1. The van der Waals surface area contributed by atoms with Gasteiger partial charge in [0.2, 0.25) is 0 Å². The molecular formula is C8H13N3O4S. The van der Waals surface area contributed by atoms with Gasteiger partial charge >= 0.3 is 5.97 Å². The summed E-state index contributed by atoms with van der Waals surface area (Å²) in [5.41, 5.74) is 0. The van der Waals surface area contributed by atoms with Gasteiger partial charge in [0.15, 0.2) is 5.03 Å². The minimum Gasteiger partial charge on any atom is -0.480 e. The predicted octanol–water partition coefficient (Wildman–Crippen LogP) is -0.438. The number of carboxylic acids is 1. The molecule has 8 heteroatoms. The first-order chi connectivity index (χ1) is 7.36. The highest BCUT2D eigenvalue weighted by Gasteiger charge is 2.25. The van der Waals surface area contributed by atoms with Gasteiger partial charge in [-0.25, -0.2) is 13.4 Å². The quantitative estimate of drug-likeness (QED) is 0.734. The summed E-state index contributed by atoms with van der Waals surface area (Å²) in [6.07, 6.45) is 2.80. The highest BCUT2D eigenvalue weighted by Crippen LogP contribution is 2.06. The molecule has 1 rings (SSSR count). The van der Waals surface area contributed by atoms with Crippen LogP contribution in [0.1, 0.15) is 13.3 Å². The van der Waals surface area contributed by atoms with E-state index in [1.807, 2.05) is 0 Å². The maximum atomic E-state index is 11.7. The van der Waals surface area contributed by atoms with Crippen LogP contribution in [0.4, 0.5) is 0 Å². The molecule has 0 aliphatic heterocycles. The molecule has 1 aromatic heterocycles. The van der Waals surface area contributed by atoms with Crippen LogP contribution in [0, 0.1) is 0 Å². The van der Waals surface area contributed by atoms with Gasteiger partial charge in [0.25, 0.3) is 10.0 Å². The lowest BCUT2D eigenvalue weighted by molar-refractivity contribution is -0.139. The maximum Gasteiger partial charge on any atom is 0.321 e. The van der Waals surface area contributed by atoms with E-state index in [4.69, 9.17) is 5.11 Å². The number of aryl methyl sites for hydroxylation is 1. The van der Waals surface area contributed by atoms with E-state index in [1.54, 1.807) is 14.0 Å². The monoisotopic (exact) mass is 247 g/mol. The van der Waals surface area contributed by atoms with Crippen molar-refractivity contribution in [3.05, 3.63) is 12.5 Å². The summed E-state index contributed by atoms with van der Waals surface area (Å²) in [4.78, 5) is 14.3. The summed E-state index contributed by atoms with van der Waals surface area (Å²) in [5, 5.41) is 8.55. The molecule has 16 heavy (non-hydrogen) atoms. The first-order valence-corrected chi connectivity index (χ1v) is 6.08. The molecule has 1 heterocycles. The van der Waals surface area contributed by atoms with Crippen molar-refractivity contribution >= 4 is 16.0 Å². The van der Waals surface area contributed by atoms with Crippen molar-refractivity contribution in [1.82, 2.24) is 14.3 Å². The van der Waals surface area contributed by atoms with Gasteiger partial charge in [-0.15, -0.1) is 0 Å². The van der Waals surface area contributed by atoms with E-state index < -0.39 is 22.0 Å². The molecule has 1 atom stereocenters. The average molecular weight is 247 g/mol. The molecular weight excluding hydrogens is 234 g/mol. The Morgan fingerprint density at radius 2 is 2.31 bits per heavy atom. The normalized spacial score (nSPS) is 13.6. The molecule has 0 fully saturated rings. The van der Waals surface area contributed by atoms with Gasteiger partial charge < -0.3 is 9.67 Å². The number of aromatic nitrogens is 2. The van der Waals surface area contributed by atoms with Gasteiger partial charge in [0.1, 0.15) is 6.04 Å². The maximum absolute atomic E-state index is 11.7. The van der Waals surface area contributed by atoms with Crippen LogP contribution in [0.2, 0.25) is 0 Å². The molecule has 0 unspecified atom stereocenters. The van der Waals surface area contributed by atoms with E-state index in [1.165, 1.54) is 17.1 Å². The fourth-order valence-corrected chi connectivity index (χ4v) is 2.34. The molecule has 2 N–H and O–H groups in total. The van der Waals surface area contributed by atoms with Crippen LogP contribution in [-0.2, 0) is 21.9 Å². The molecule has 0 bridgehead atoms. The van der Waals surface area contributed by atoms with Crippen LogP contribution in [0.5, 0.6) is 0 Å². The molecule has 0 amide bonds. The van der Waals surface area contributed by atoms with Gasteiger partial charge in [0.05, 0.1) is 6.33 Å². The number of nitrogens with zero attached hydrogens (tertiary/aromatic N) is 2. The predicted molar refractivity (Wildman–Crippen MR) is 55.2 cm³/mol. The van der Waals surface area contributed by atoms with E-state index in [0.717, 1.165) is 0 Å². The topological polar surface area (TPSA) is 101 Å². The summed E-state index contributed by atoms with van der Waals surface area (Å²) in [6, 6.07) is -1.13. The summed E-state index contributed by atoms with van der Waals surface area (Å²) in [5.74, 6) is -1.21. The Balaban J connectivity index is 2.91. The lowest BCUT2D eigenvalue weighted by atomic mass is 10.2.